The van der Waals surface area contributed by atoms with Crippen LogP contribution in [0.4, 0.5) is 0 Å². The Morgan fingerprint density at radius 2 is 1.37 bits per heavy atom. The van der Waals surface area contributed by atoms with Gasteiger partial charge >= 0.3 is 0 Å². The number of allylic oxidation sites excluding steroid dienone is 4. The first-order valence-corrected chi connectivity index (χ1v) is 15.1. The lowest BCUT2D eigenvalue weighted by Gasteiger charge is -2.40. The number of halogens is 2. The van der Waals surface area contributed by atoms with Gasteiger partial charge in [0.15, 0.2) is 0 Å². The molecule has 3 aromatic rings. The van der Waals surface area contributed by atoms with Gasteiger partial charge in [0.2, 0.25) is 0 Å². The molecule has 0 N–H and O–H groups in total. The Kier molecular flexibility index (Phi) is 6.90. The minimum atomic E-state index is -0.790. The lowest BCUT2D eigenvalue weighted by atomic mass is 9.69. The molecule has 0 nitrogen and oxygen atoms in total. The van der Waals surface area contributed by atoms with Gasteiger partial charge in [-0.05, 0) is 103 Å². The molecule has 178 valence electrons. The average Bonchev–Trinajstić information content (AvgIpc) is 2.90. The highest BCUT2D eigenvalue weighted by Gasteiger charge is 2.38. The van der Waals surface area contributed by atoms with Crippen molar-refractivity contribution in [2.75, 3.05) is 0 Å². The van der Waals surface area contributed by atoms with E-state index in [4.69, 9.17) is 23.2 Å². The smallest absolute Gasteiger partial charge is 0.0455 e. The zero-order valence-corrected chi connectivity index (χ0v) is 22.4. The molecule has 1 fully saturated rings. The molecular weight excluding hydrogens is 486 g/mol. The fraction of sp³-hybridized carbons (Fsp3) is 0.312. The van der Waals surface area contributed by atoms with Crippen molar-refractivity contribution in [2.45, 2.75) is 51.4 Å². The first-order valence-electron chi connectivity index (χ1n) is 13.0. The highest BCUT2D eigenvalue weighted by molar-refractivity contribution is 7.77. The molecule has 2 unspecified atom stereocenters. The van der Waals surface area contributed by atoms with Crippen molar-refractivity contribution in [2.24, 2.45) is 11.8 Å². The van der Waals surface area contributed by atoms with Gasteiger partial charge in [0, 0.05) is 15.4 Å². The van der Waals surface area contributed by atoms with Crippen LogP contribution in [0.15, 0.2) is 89.2 Å². The van der Waals surface area contributed by atoms with Crippen LogP contribution in [0.3, 0.4) is 0 Å². The quantitative estimate of drug-likeness (QED) is 0.303. The molecule has 3 aliphatic carbocycles. The zero-order chi connectivity index (χ0) is 23.8. The Hall–Kier alpha value is -1.85. The van der Waals surface area contributed by atoms with Crippen molar-refractivity contribution in [1.29, 1.82) is 0 Å². The third-order valence-electron chi connectivity index (χ3n) is 8.00. The minimum absolute atomic E-state index is 0.517. The minimum Gasteiger partial charge on any atom is -0.0843 e. The molecule has 0 spiro atoms. The monoisotopic (exact) mass is 516 g/mol. The van der Waals surface area contributed by atoms with Crippen LogP contribution in [-0.2, 0) is 12.8 Å². The van der Waals surface area contributed by atoms with Crippen LogP contribution in [0.2, 0.25) is 5.02 Å². The summed E-state index contributed by atoms with van der Waals surface area (Å²) in [5.41, 5.74) is 5.87. The SMILES string of the molecule is ClC1=CC2CCCCC2C(c2cc(Cl)cc3c2CCCC3)=C1P(c1ccccc1)c1ccccc1. The maximum atomic E-state index is 7.35. The van der Waals surface area contributed by atoms with Gasteiger partial charge in [-0.15, -0.1) is 0 Å². The molecule has 2 atom stereocenters. The molecule has 0 heterocycles. The van der Waals surface area contributed by atoms with Crippen molar-refractivity contribution >= 4 is 47.3 Å². The van der Waals surface area contributed by atoms with Crippen LogP contribution in [0.5, 0.6) is 0 Å². The van der Waals surface area contributed by atoms with E-state index in [0.29, 0.717) is 11.8 Å². The maximum Gasteiger partial charge on any atom is 0.0455 e. The van der Waals surface area contributed by atoms with Crippen LogP contribution in [0.25, 0.3) is 5.57 Å². The van der Waals surface area contributed by atoms with Crippen molar-refractivity contribution in [3.05, 3.63) is 111 Å². The van der Waals surface area contributed by atoms with Crippen molar-refractivity contribution < 1.29 is 0 Å². The lowest BCUT2D eigenvalue weighted by molar-refractivity contribution is 0.343. The molecule has 0 bridgehead atoms. The molecule has 1 saturated carbocycles. The predicted octanol–water partition coefficient (Wildman–Crippen LogP) is 9.01. The van der Waals surface area contributed by atoms with E-state index in [1.54, 1.807) is 0 Å². The number of rotatable bonds is 4. The Balaban J connectivity index is 1.66. The van der Waals surface area contributed by atoms with E-state index in [1.807, 2.05) is 0 Å². The van der Waals surface area contributed by atoms with E-state index >= 15 is 0 Å². The van der Waals surface area contributed by atoms with Crippen LogP contribution in [0, 0.1) is 11.8 Å². The molecular formula is C32H31Cl2P. The summed E-state index contributed by atoms with van der Waals surface area (Å²) in [4.78, 5) is 0. The molecule has 0 saturated heterocycles. The van der Waals surface area contributed by atoms with Gasteiger partial charge in [-0.2, -0.15) is 0 Å². The molecule has 0 radical (unpaired) electrons. The van der Waals surface area contributed by atoms with E-state index in [2.05, 4.69) is 78.9 Å². The third-order valence-corrected chi connectivity index (χ3v) is 11.2. The van der Waals surface area contributed by atoms with E-state index in [-0.39, 0.29) is 0 Å². The van der Waals surface area contributed by atoms with Gasteiger partial charge in [-0.25, -0.2) is 0 Å². The third kappa shape index (κ3) is 4.55. The fourth-order valence-electron chi connectivity index (χ4n) is 6.47. The summed E-state index contributed by atoms with van der Waals surface area (Å²) in [5.74, 6) is 1.04. The first-order chi connectivity index (χ1) is 17.2. The summed E-state index contributed by atoms with van der Waals surface area (Å²) in [7, 11) is -0.790. The summed E-state index contributed by atoms with van der Waals surface area (Å²) in [6, 6.07) is 26.5. The van der Waals surface area contributed by atoms with E-state index < -0.39 is 7.92 Å². The number of hydrogen-bond donors (Lipinski definition) is 0. The predicted molar refractivity (Wildman–Crippen MR) is 153 cm³/mol. The number of aryl methyl sites for hydroxylation is 1. The number of hydrogen-bond acceptors (Lipinski definition) is 0. The summed E-state index contributed by atoms with van der Waals surface area (Å²) < 4.78 is 0. The summed E-state index contributed by atoms with van der Waals surface area (Å²) in [6.45, 7) is 0. The van der Waals surface area contributed by atoms with E-state index in [0.717, 1.165) is 22.9 Å². The van der Waals surface area contributed by atoms with E-state index in [1.165, 1.54) is 76.7 Å². The summed E-state index contributed by atoms with van der Waals surface area (Å²) in [6.07, 6.45) is 12.3. The van der Waals surface area contributed by atoms with Gasteiger partial charge in [0.25, 0.3) is 0 Å². The molecule has 0 amide bonds. The molecule has 3 heteroatoms. The standard InChI is InChI=1S/C32H31Cl2P/c33-24-19-22-11-7-9-17-27(22)29(21-24)31-28-18-10-8-12-23(28)20-30(34)32(31)35(25-13-3-1-4-14-25)26-15-5-2-6-16-26/h1-6,13-16,19-21,23,28H,7-12,17-18H2. The second kappa shape index (κ2) is 10.3. The maximum absolute atomic E-state index is 7.35. The highest BCUT2D eigenvalue weighted by Crippen LogP contribution is 2.59. The molecule has 6 rings (SSSR count). The summed E-state index contributed by atoms with van der Waals surface area (Å²) in [5, 5.41) is 5.91. The van der Waals surface area contributed by atoms with Crippen LogP contribution in [-0.4, -0.2) is 0 Å². The van der Waals surface area contributed by atoms with Crippen molar-refractivity contribution in [3.8, 4) is 0 Å². The lowest BCUT2D eigenvalue weighted by Crippen LogP contribution is -2.26. The molecule has 3 aromatic carbocycles. The fourth-order valence-corrected chi connectivity index (χ4v) is 9.80. The van der Waals surface area contributed by atoms with Crippen LogP contribution < -0.4 is 10.6 Å². The van der Waals surface area contributed by atoms with Gasteiger partial charge in [0.1, 0.15) is 0 Å². The van der Waals surface area contributed by atoms with E-state index in [9.17, 15) is 0 Å². The Labute approximate surface area is 220 Å². The van der Waals surface area contributed by atoms with Gasteiger partial charge in [-0.1, -0.05) is 103 Å². The van der Waals surface area contributed by atoms with Crippen molar-refractivity contribution in [3.63, 3.8) is 0 Å². The normalized spacial score (nSPS) is 22.0. The molecule has 0 aromatic heterocycles. The Bertz CT molecular complexity index is 1240. The number of fused-ring (bicyclic) bond motifs is 2. The second-order valence-electron chi connectivity index (χ2n) is 10.1. The van der Waals surface area contributed by atoms with Crippen molar-refractivity contribution in [1.82, 2.24) is 0 Å². The Morgan fingerprint density at radius 1 is 0.714 bits per heavy atom. The number of benzene rings is 3. The molecule has 35 heavy (non-hydrogen) atoms. The average molecular weight is 517 g/mol. The topological polar surface area (TPSA) is 0 Å². The first kappa shape index (κ1) is 23.5. The Morgan fingerprint density at radius 3 is 2.09 bits per heavy atom. The van der Waals surface area contributed by atoms with Gasteiger partial charge < -0.3 is 0 Å². The van der Waals surface area contributed by atoms with Crippen LogP contribution in [0.1, 0.15) is 55.2 Å². The van der Waals surface area contributed by atoms with Crippen LogP contribution >= 0.6 is 31.1 Å². The zero-order valence-electron chi connectivity index (χ0n) is 20.0. The molecule has 3 aliphatic rings. The van der Waals surface area contributed by atoms with Gasteiger partial charge in [0.05, 0.1) is 0 Å². The largest absolute Gasteiger partial charge is 0.0843 e. The molecule has 0 aliphatic heterocycles. The summed E-state index contributed by atoms with van der Waals surface area (Å²) >= 11 is 14.2. The highest BCUT2D eigenvalue weighted by atomic mass is 35.5. The second-order valence-corrected chi connectivity index (χ2v) is 13.1. The van der Waals surface area contributed by atoms with Gasteiger partial charge in [-0.3, -0.25) is 0 Å².